The summed E-state index contributed by atoms with van der Waals surface area (Å²) < 4.78 is 16.3. The van der Waals surface area contributed by atoms with Crippen LogP contribution in [0, 0.1) is 24.1 Å². The van der Waals surface area contributed by atoms with Gasteiger partial charge in [0.2, 0.25) is 0 Å². The number of thiocarbonyl (C=S) groups is 1. The number of nitriles is 1. The Bertz CT molecular complexity index is 1550. The second-order valence-electron chi connectivity index (χ2n) is 7.87. The molecule has 1 aliphatic heterocycles. The summed E-state index contributed by atoms with van der Waals surface area (Å²) in [6, 6.07) is 23.7. The fraction of sp³-hybridized carbons (Fsp3) is 0.0741. The highest BCUT2D eigenvalue weighted by molar-refractivity contribution is 8.27. The number of aromatic nitrogens is 1. The maximum atomic E-state index is 13.8. The molecule has 2 heterocycles. The number of para-hydroxylation sites is 1. The van der Waals surface area contributed by atoms with Crippen molar-refractivity contribution < 1.29 is 9.18 Å². The Balaban J connectivity index is 1.59. The number of carbonyl (C=O) groups is 1. The van der Waals surface area contributed by atoms with Crippen LogP contribution in [-0.2, 0) is 11.3 Å². The van der Waals surface area contributed by atoms with E-state index in [1.807, 2.05) is 61.5 Å². The summed E-state index contributed by atoms with van der Waals surface area (Å²) in [4.78, 5) is 15.1. The molecule has 3 aromatic carbocycles. The van der Waals surface area contributed by atoms with Crippen LogP contribution in [0.2, 0.25) is 0 Å². The maximum absolute atomic E-state index is 13.8. The van der Waals surface area contributed by atoms with Gasteiger partial charge in [-0.15, -0.1) is 0 Å². The standard InChI is InChI=1S/C27H18FN3OS2/c1-17-23(14-25-26(32)31(27(33)34-25)21-10-6-9-20(28)13-21)22-11-4-5-12-24(22)30(17)16-19-8-3-2-7-18(19)15-29/h2-14H,16H2,1H3/b25-14+. The van der Waals surface area contributed by atoms with E-state index in [4.69, 9.17) is 12.2 Å². The molecule has 1 amide bonds. The van der Waals surface area contributed by atoms with Gasteiger partial charge in [0.1, 0.15) is 5.82 Å². The quantitative estimate of drug-likeness (QED) is 0.248. The lowest BCUT2D eigenvalue weighted by molar-refractivity contribution is -0.113. The van der Waals surface area contributed by atoms with Gasteiger partial charge in [-0.05, 0) is 48.9 Å². The van der Waals surface area contributed by atoms with Crippen molar-refractivity contribution in [3.8, 4) is 6.07 Å². The molecule has 4 aromatic rings. The monoisotopic (exact) mass is 483 g/mol. The largest absolute Gasteiger partial charge is 0.340 e. The average molecular weight is 484 g/mol. The molecule has 1 aliphatic rings. The van der Waals surface area contributed by atoms with E-state index in [1.165, 1.54) is 28.8 Å². The van der Waals surface area contributed by atoms with Crippen LogP contribution in [0.3, 0.4) is 0 Å². The van der Waals surface area contributed by atoms with Crippen LogP contribution < -0.4 is 4.90 Å². The van der Waals surface area contributed by atoms with E-state index in [0.29, 0.717) is 27.0 Å². The van der Waals surface area contributed by atoms with Crippen molar-refractivity contribution in [1.29, 1.82) is 5.26 Å². The summed E-state index contributed by atoms with van der Waals surface area (Å²) in [5, 5.41) is 10.5. The number of halogens is 1. The first-order chi connectivity index (χ1) is 16.5. The molecule has 0 N–H and O–H groups in total. The lowest BCUT2D eigenvalue weighted by Crippen LogP contribution is -2.27. The molecule has 1 aromatic heterocycles. The predicted molar refractivity (Wildman–Crippen MR) is 139 cm³/mol. The number of carbonyl (C=O) groups excluding carboxylic acids is 1. The van der Waals surface area contributed by atoms with Crippen molar-refractivity contribution in [2.24, 2.45) is 0 Å². The summed E-state index contributed by atoms with van der Waals surface area (Å²) in [5.41, 5.74) is 4.89. The molecule has 0 bridgehead atoms. The number of anilines is 1. The molecule has 1 fully saturated rings. The molecule has 166 valence electrons. The summed E-state index contributed by atoms with van der Waals surface area (Å²) >= 11 is 6.66. The number of fused-ring (bicyclic) bond motifs is 1. The van der Waals surface area contributed by atoms with Crippen molar-refractivity contribution in [3.05, 3.63) is 106 Å². The Hall–Kier alpha value is -3.73. The van der Waals surface area contributed by atoms with Gasteiger partial charge in [0.25, 0.3) is 5.91 Å². The van der Waals surface area contributed by atoms with Gasteiger partial charge in [-0.3, -0.25) is 9.69 Å². The van der Waals surface area contributed by atoms with Crippen LogP contribution >= 0.6 is 24.0 Å². The molecule has 0 radical (unpaired) electrons. The van der Waals surface area contributed by atoms with Crippen LogP contribution in [0.1, 0.15) is 22.4 Å². The molecule has 34 heavy (non-hydrogen) atoms. The third-order valence-corrected chi connectivity index (χ3v) is 7.18. The third-order valence-electron chi connectivity index (χ3n) is 5.88. The Morgan fingerprint density at radius 1 is 1.09 bits per heavy atom. The smallest absolute Gasteiger partial charge is 0.270 e. The van der Waals surface area contributed by atoms with Gasteiger partial charge in [0.15, 0.2) is 4.32 Å². The van der Waals surface area contributed by atoms with Crippen molar-refractivity contribution in [1.82, 2.24) is 4.57 Å². The van der Waals surface area contributed by atoms with Crippen LogP contribution in [0.25, 0.3) is 17.0 Å². The van der Waals surface area contributed by atoms with Gasteiger partial charge in [-0.1, -0.05) is 66.4 Å². The van der Waals surface area contributed by atoms with Gasteiger partial charge < -0.3 is 4.57 Å². The van der Waals surface area contributed by atoms with Crippen LogP contribution in [0.4, 0.5) is 10.1 Å². The van der Waals surface area contributed by atoms with Crippen LogP contribution in [-0.4, -0.2) is 14.8 Å². The summed E-state index contributed by atoms with van der Waals surface area (Å²) in [6.07, 6.45) is 1.86. The SMILES string of the molecule is Cc1c(/C=C2/SC(=S)N(c3cccc(F)c3)C2=O)c2ccccc2n1Cc1ccccc1C#N. The van der Waals surface area contributed by atoms with Gasteiger partial charge >= 0.3 is 0 Å². The number of benzene rings is 3. The highest BCUT2D eigenvalue weighted by Gasteiger charge is 2.34. The number of nitrogens with zero attached hydrogens (tertiary/aromatic N) is 3. The van der Waals surface area contributed by atoms with E-state index in [-0.39, 0.29) is 5.91 Å². The number of rotatable bonds is 4. The van der Waals surface area contributed by atoms with E-state index in [9.17, 15) is 14.4 Å². The minimum atomic E-state index is -0.424. The highest BCUT2D eigenvalue weighted by Crippen LogP contribution is 2.38. The average Bonchev–Trinajstić information content (AvgIpc) is 3.27. The van der Waals surface area contributed by atoms with E-state index in [2.05, 4.69) is 10.6 Å². The zero-order chi connectivity index (χ0) is 23.8. The molecule has 7 heteroatoms. The van der Waals surface area contributed by atoms with Gasteiger partial charge in [-0.2, -0.15) is 5.26 Å². The van der Waals surface area contributed by atoms with E-state index < -0.39 is 5.82 Å². The molecule has 0 atom stereocenters. The summed E-state index contributed by atoms with van der Waals surface area (Å²) in [7, 11) is 0. The topological polar surface area (TPSA) is 49.0 Å². The summed E-state index contributed by atoms with van der Waals surface area (Å²) in [6.45, 7) is 2.54. The minimum Gasteiger partial charge on any atom is -0.340 e. The first-order valence-electron chi connectivity index (χ1n) is 10.6. The Labute approximate surface area is 205 Å². The Morgan fingerprint density at radius 2 is 1.85 bits per heavy atom. The Kier molecular flexibility index (Phi) is 5.78. The van der Waals surface area contributed by atoms with Gasteiger partial charge in [0.05, 0.1) is 22.2 Å². The van der Waals surface area contributed by atoms with Crippen molar-refractivity contribution in [2.45, 2.75) is 13.5 Å². The van der Waals surface area contributed by atoms with Gasteiger partial charge in [-0.25, -0.2) is 4.39 Å². The fourth-order valence-electron chi connectivity index (χ4n) is 4.22. The fourth-order valence-corrected chi connectivity index (χ4v) is 5.50. The van der Waals surface area contributed by atoms with E-state index in [1.54, 1.807) is 12.1 Å². The Morgan fingerprint density at radius 3 is 2.65 bits per heavy atom. The summed E-state index contributed by atoms with van der Waals surface area (Å²) in [5.74, 6) is -0.696. The first kappa shape index (κ1) is 22.1. The second-order valence-corrected chi connectivity index (χ2v) is 9.54. The zero-order valence-electron chi connectivity index (χ0n) is 18.2. The maximum Gasteiger partial charge on any atom is 0.270 e. The molecule has 1 saturated heterocycles. The number of amides is 1. The zero-order valence-corrected chi connectivity index (χ0v) is 19.8. The highest BCUT2D eigenvalue weighted by atomic mass is 32.2. The van der Waals surface area contributed by atoms with E-state index in [0.717, 1.165) is 27.7 Å². The number of thioether (sulfide) groups is 1. The van der Waals surface area contributed by atoms with Crippen LogP contribution in [0.15, 0.2) is 77.7 Å². The lowest BCUT2D eigenvalue weighted by Gasteiger charge is -2.14. The second kappa shape index (κ2) is 8.90. The molecule has 5 rings (SSSR count). The predicted octanol–water partition coefficient (Wildman–Crippen LogP) is 6.41. The minimum absolute atomic E-state index is 0.272. The van der Waals surface area contributed by atoms with Gasteiger partial charge in [0, 0.05) is 28.7 Å². The third kappa shape index (κ3) is 3.81. The first-order valence-corrected chi connectivity index (χ1v) is 11.8. The van der Waals surface area contributed by atoms with E-state index >= 15 is 0 Å². The van der Waals surface area contributed by atoms with Crippen LogP contribution in [0.5, 0.6) is 0 Å². The molecule has 4 nitrogen and oxygen atoms in total. The van der Waals surface area contributed by atoms with Crippen molar-refractivity contribution in [3.63, 3.8) is 0 Å². The molecule has 0 spiro atoms. The normalized spacial score (nSPS) is 14.9. The lowest BCUT2D eigenvalue weighted by atomic mass is 10.1. The molecular formula is C27H18FN3OS2. The number of hydrogen-bond donors (Lipinski definition) is 0. The van der Waals surface area contributed by atoms with Crippen molar-refractivity contribution >= 4 is 56.9 Å². The molecule has 0 aliphatic carbocycles. The molecular weight excluding hydrogens is 465 g/mol. The molecule has 0 unspecified atom stereocenters. The number of hydrogen-bond acceptors (Lipinski definition) is 4. The molecule has 0 saturated carbocycles. The van der Waals surface area contributed by atoms with Crippen molar-refractivity contribution in [2.75, 3.05) is 4.90 Å².